The van der Waals surface area contributed by atoms with Crippen molar-refractivity contribution in [3.63, 3.8) is 0 Å². The predicted octanol–water partition coefficient (Wildman–Crippen LogP) is 1.42. The fourth-order valence-corrected chi connectivity index (χ4v) is 1.76. The second-order valence-corrected chi connectivity index (χ2v) is 5.04. The zero-order valence-corrected chi connectivity index (χ0v) is 13.2. The van der Waals surface area contributed by atoms with Gasteiger partial charge in [0.05, 0.1) is 5.56 Å². The Bertz CT molecular complexity index is 562. The van der Waals surface area contributed by atoms with Crippen LogP contribution in [0.25, 0.3) is 0 Å². The Morgan fingerprint density at radius 1 is 1.38 bits per heavy atom. The fourth-order valence-electron chi connectivity index (χ4n) is 1.40. The van der Waals surface area contributed by atoms with Gasteiger partial charge in [-0.3, -0.25) is 10.1 Å². The van der Waals surface area contributed by atoms with Gasteiger partial charge in [0.2, 0.25) is 0 Å². The normalized spacial score (nSPS) is 11.4. The van der Waals surface area contributed by atoms with Crippen LogP contribution in [0.2, 0.25) is 0 Å². The number of esters is 1. The summed E-state index contributed by atoms with van der Waals surface area (Å²) < 4.78 is 5.64. The summed E-state index contributed by atoms with van der Waals surface area (Å²) >= 11 is 3.21. The first-order valence-corrected chi connectivity index (χ1v) is 6.99. The highest BCUT2D eigenvalue weighted by Crippen LogP contribution is 2.19. The molecule has 1 aromatic rings. The van der Waals surface area contributed by atoms with E-state index in [9.17, 15) is 14.4 Å². The van der Waals surface area contributed by atoms with Crippen molar-refractivity contribution in [3.8, 4) is 0 Å². The minimum atomic E-state index is -1.13. The Kier molecular flexibility index (Phi) is 6.16. The zero-order chi connectivity index (χ0) is 16.0. The van der Waals surface area contributed by atoms with Crippen LogP contribution in [-0.4, -0.2) is 30.6 Å². The molecule has 0 spiro atoms. The number of imide groups is 1. The van der Waals surface area contributed by atoms with Crippen molar-refractivity contribution >= 4 is 39.5 Å². The lowest BCUT2D eigenvalue weighted by molar-refractivity contribution is -0.127. The van der Waals surface area contributed by atoms with Gasteiger partial charge < -0.3 is 15.8 Å². The molecule has 0 aliphatic carbocycles. The van der Waals surface area contributed by atoms with Gasteiger partial charge in [-0.05, 0) is 32.0 Å². The van der Waals surface area contributed by atoms with Gasteiger partial charge in [0.15, 0.2) is 6.10 Å². The summed E-state index contributed by atoms with van der Waals surface area (Å²) in [5.74, 6) is -1.46. The van der Waals surface area contributed by atoms with Gasteiger partial charge in [-0.15, -0.1) is 0 Å². The number of hydrogen-bond acceptors (Lipinski definition) is 5. The van der Waals surface area contributed by atoms with Crippen molar-refractivity contribution in [1.29, 1.82) is 0 Å². The Hall–Kier alpha value is -2.09. The third-order valence-corrected chi connectivity index (χ3v) is 2.96. The van der Waals surface area contributed by atoms with Crippen molar-refractivity contribution in [2.45, 2.75) is 20.0 Å². The smallest absolute Gasteiger partial charge is 0.341 e. The van der Waals surface area contributed by atoms with Crippen molar-refractivity contribution in [2.75, 3.05) is 12.3 Å². The van der Waals surface area contributed by atoms with Crippen LogP contribution < -0.4 is 16.4 Å². The molecule has 0 heterocycles. The molecule has 1 atom stereocenters. The first-order chi connectivity index (χ1) is 9.85. The number of rotatable bonds is 4. The van der Waals surface area contributed by atoms with Gasteiger partial charge in [0, 0.05) is 16.7 Å². The summed E-state index contributed by atoms with van der Waals surface area (Å²) in [6.07, 6.45) is -1.13. The molecule has 0 fully saturated rings. The molecule has 4 N–H and O–H groups in total. The average molecular weight is 358 g/mol. The number of ether oxygens (including phenoxy) is 1. The van der Waals surface area contributed by atoms with Gasteiger partial charge in [-0.2, -0.15) is 0 Å². The third kappa shape index (κ3) is 5.07. The van der Waals surface area contributed by atoms with Gasteiger partial charge >= 0.3 is 12.0 Å². The number of nitrogens with two attached hydrogens (primary N) is 1. The molecular formula is C13H16BrN3O4. The molecule has 0 radical (unpaired) electrons. The van der Waals surface area contributed by atoms with Crippen molar-refractivity contribution < 1.29 is 19.1 Å². The Labute approximate surface area is 130 Å². The second-order valence-electron chi connectivity index (χ2n) is 4.13. The molecule has 0 aromatic heterocycles. The molecule has 0 saturated heterocycles. The second kappa shape index (κ2) is 7.63. The molecule has 0 aliphatic heterocycles. The molecule has 1 rings (SSSR count). The predicted molar refractivity (Wildman–Crippen MR) is 80.6 cm³/mol. The van der Waals surface area contributed by atoms with Crippen LogP contribution in [0.4, 0.5) is 10.5 Å². The minimum absolute atomic E-state index is 0.141. The first kappa shape index (κ1) is 17.0. The van der Waals surface area contributed by atoms with Crippen LogP contribution in [0.3, 0.4) is 0 Å². The van der Waals surface area contributed by atoms with Crippen LogP contribution in [0, 0.1) is 0 Å². The number of anilines is 1. The maximum Gasteiger partial charge on any atom is 0.341 e. The summed E-state index contributed by atoms with van der Waals surface area (Å²) in [4.78, 5) is 34.8. The highest BCUT2D eigenvalue weighted by atomic mass is 79.9. The molecule has 0 bridgehead atoms. The molecule has 0 unspecified atom stereocenters. The summed E-state index contributed by atoms with van der Waals surface area (Å²) in [5, 5.41) is 4.45. The number of amides is 3. The van der Waals surface area contributed by atoms with E-state index in [4.69, 9.17) is 10.5 Å². The Morgan fingerprint density at radius 3 is 2.67 bits per heavy atom. The van der Waals surface area contributed by atoms with E-state index < -0.39 is 24.0 Å². The molecule has 114 valence electrons. The van der Waals surface area contributed by atoms with E-state index >= 15 is 0 Å². The van der Waals surface area contributed by atoms with Crippen LogP contribution in [0.1, 0.15) is 24.2 Å². The Morgan fingerprint density at radius 2 is 2.05 bits per heavy atom. The van der Waals surface area contributed by atoms with E-state index in [2.05, 4.69) is 26.6 Å². The highest BCUT2D eigenvalue weighted by molar-refractivity contribution is 9.10. The minimum Gasteiger partial charge on any atom is -0.449 e. The fraction of sp³-hybridized carbons (Fsp3) is 0.308. The van der Waals surface area contributed by atoms with E-state index in [1.807, 2.05) is 0 Å². The van der Waals surface area contributed by atoms with Gasteiger partial charge in [-0.25, -0.2) is 9.59 Å². The average Bonchev–Trinajstić information content (AvgIpc) is 2.41. The largest absolute Gasteiger partial charge is 0.449 e. The summed E-state index contributed by atoms with van der Waals surface area (Å²) in [6, 6.07) is 4.07. The number of carbonyl (C=O) groups excluding carboxylic acids is 3. The van der Waals surface area contributed by atoms with E-state index in [1.54, 1.807) is 19.1 Å². The van der Waals surface area contributed by atoms with Crippen LogP contribution in [-0.2, 0) is 9.53 Å². The first-order valence-electron chi connectivity index (χ1n) is 6.19. The molecule has 8 heteroatoms. The number of hydrogen-bond donors (Lipinski definition) is 3. The Balaban J connectivity index is 2.67. The number of carbonyl (C=O) groups is 3. The molecule has 21 heavy (non-hydrogen) atoms. The molecule has 3 amide bonds. The number of nitrogens with one attached hydrogen (secondary N) is 2. The lowest BCUT2D eigenvalue weighted by Gasteiger charge is -2.14. The van der Waals surface area contributed by atoms with Crippen molar-refractivity contribution in [1.82, 2.24) is 10.6 Å². The van der Waals surface area contributed by atoms with E-state index in [0.717, 1.165) is 0 Å². The SMILES string of the molecule is CCNC(=O)NC(=O)[C@H](C)OC(=O)c1cc(Br)ccc1N. The number of nitrogen functional groups attached to an aromatic ring is 1. The van der Waals surface area contributed by atoms with Crippen LogP contribution in [0.5, 0.6) is 0 Å². The number of benzene rings is 1. The number of urea groups is 1. The standard InChI is InChI=1S/C13H16BrN3O4/c1-3-16-13(20)17-11(18)7(2)21-12(19)9-6-8(14)4-5-10(9)15/h4-7H,3,15H2,1-2H3,(H2,16,17,18,20)/t7-/m0/s1. The van der Waals surface area contributed by atoms with Crippen molar-refractivity contribution in [2.24, 2.45) is 0 Å². The maximum atomic E-state index is 11.9. The molecule has 0 saturated carbocycles. The monoisotopic (exact) mass is 357 g/mol. The lowest BCUT2D eigenvalue weighted by atomic mass is 10.2. The summed E-state index contributed by atoms with van der Waals surface area (Å²) in [6.45, 7) is 3.45. The maximum absolute atomic E-state index is 11.9. The molecule has 7 nitrogen and oxygen atoms in total. The highest BCUT2D eigenvalue weighted by Gasteiger charge is 2.21. The number of halogens is 1. The topological polar surface area (TPSA) is 111 Å². The van der Waals surface area contributed by atoms with Gasteiger partial charge in [0.1, 0.15) is 0 Å². The zero-order valence-electron chi connectivity index (χ0n) is 11.6. The van der Waals surface area contributed by atoms with Crippen molar-refractivity contribution in [3.05, 3.63) is 28.2 Å². The third-order valence-electron chi connectivity index (χ3n) is 2.46. The van der Waals surface area contributed by atoms with Gasteiger partial charge in [-0.1, -0.05) is 15.9 Å². The molecular weight excluding hydrogens is 342 g/mol. The summed E-state index contributed by atoms with van der Waals surface area (Å²) in [7, 11) is 0. The summed E-state index contributed by atoms with van der Waals surface area (Å²) in [5.41, 5.74) is 6.05. The molecule has 0 aliphatic rings. The van der Waals surface area contributed by atoms with Gasteiger partial charge in [0.25, 0.3) is 5.91 Å². The van der Waals surface area contributed by atoms with E-state index in [-0.39, 0.29) is 11.3 Å². The van der Waals surface area contributed by atoms with Crippen LogP contribution in [0.15, 0.2) is 22.7 Å². The van der Waals surface area contributed by atoms with E-state index in [0.29, 0.717) is 11.0 Å². The molecule has 1 aromatic carbocycles. The van der Waals surface area contributed by atoms with Crippen LogP contribution >= 0.6 is 15.9 Å². The van der Waals surface area contributed by atoms with E-state index in [1.165, 1.54) is 13.0 Å². The quantitative estimate of drug-likeness (QED) is 0.557. The lowest BCUT2D eigenvalue weighted by Crippen LogP contribution is -2.44.